The van der Waals surface area contributed by atoms with Crippen LogP contribution in [0.1, 0.15) is 88.0 Å². The van der Waals surface area contributed by atoms with E-state index in [1.54, 1.807) is 18.9 Å². The number of oxazole rings is 1. The van der Waals surface area contributed by atoms with E-state index in [1.165, 1.54) is 0 Å². The molecule has 7 nitrogen and oxygen atoms in total. The molecule has 0 spiro atoms. The third-order valence-electron chi connectivity index (χ3n) is 8.09. The van der Waals surface area contributed by atoms with Gasteiger partial charge >= 0.3 is 0 Å². The summed E-state index contributed by atoms with van der Waals surface area (Å²) in [6.45, 7) is 20.0. The second-order valence-electron chi connectivity index (χ2n) is 12.2. The SMILES string of the molecule is COc1ccc(C(C)C)c(NC(=O)CN2CCN(CCCSc3nc4c(C)c(Cl)cc(C(C)C)c4o3)CC2)c1C(C)C. The number of ether oxygens (including phenoxy) is 1. The molecule has 9 heteroatoms. The zero-order valence-corrected chi connectivity index (χ0v) is 28.0. The van der Waals surface area contributed by atoms with Gasteiger partial charge in [0.15, 0.2) is 5.58 Å². The fraction of sp³-hybridized carbons (Fsp3) is 0.576. The average Bonchev–Trinajstić information content (AvgIpc) is 3.37. The minimum absolute atomic E-state index is 0.0346. The number of piperazine rings is 1. The molecule has 0 saturated carbocycles. The molecule has 1 aliphatic rings. The lowest BCUT2D eigenvalue weighted by atomic mass is 9.91. The van der Waals surface area contributed by atoms with Crippen molar-refractivity contribution < 1.29 is 13.9 Å². The van der Waals surface area contributed by atoms with E-state index in [-0.39, 0.29) is 11.8 Å². The Kier molecular flexibility index (Phi) is 11.3. The van der Waals surface area contributed by atoms with Crippen LogP contribution in [0, 0.1) is 6.92 Å². The summed E-state index contributed by atoms with van der Waals surface area (Å²) < 4.78 is 11.8. The number of hydrogen-bond donors (Lipinski definition) is 1. The molecule has 0 unspecified atom stereocenters. The van der Waals surface area contributed by atoms with Crippen LogP contribution in [0.3, 0.4) is 0 Å². The highest BCUT2D eigenvalue weighted by Crippen LogP contribution is 2.39. The summed E-state index contributed by atoms with van der Waals surface area (Å²) in [4.78, 5) is 22.7. The number of thioether (sulfide) groups is 1. The van der Waals surface area contributed by atoms with Crippen LogP contribution in [0.2, 0.25) is 5.02 Å². The molecule has 3 aromatic rings. The lowest BCUT2D eigenvalue weighted by Crippen LogP contribution is -2.48. The predicted molar refractivity (Wildman–Crippen MR) is 176 cm³/mol. The molecule has 1 aromatic heterocycles. The molecule has 0 radical (unpaired) electrons. The Balaban J connectivity index is 1.25. The Morgan fingerprint density at radius 2 is 1.71 bits per heavy atom. The number of anilines is 1. The number of amides is 1. The molecule has 2 heterocycles. The maximum absolute atomic E-state index is 13.2. The van der Waals surface area contributed by atoms with Crippen LogP contribution in [0.15, 0.2) is 27.8 Å². The van der Waals surface area contributed by atoms with Gasteiger partial charge in [0.05, 0.1) is 19.3 Å². The fourth-order valence-electron chi connectivity index (χ4n) is 5.65. The summed E-state index contributed by atoms with van der Waals surface area (Å²) in [5.41, 5.74) is 6.95. The lowest BCUT2D eigenvalue weighted by Gasteiger charge is -2.34. The molecule has 2 aromatic carbocycles. The molecule has 4 rings (SSSR count). The minimum atomic E-state index is 0.0346. The average molecular weight is 615 g/mol. The van der Waals surface area contributed by atoms with Gasteiger partial charge in [0, 0.05) is 48.1 Å². The molecule has 1 aliphatic heterocycles. The first kappa shape index (κ1) is 32.6. The number of fused-ring (bicyclic) bond motifs is 1. The van der Waals surface area contributed by atoms with Gasteiger partial charge in [0.2, 0.25) is 5.91 Å². The number of rotatable bonds is 12. The second-order valence-corrected chi connectivity index (χ2v) is 13.7. The van der Waals surface area contributed by atoms with Gasteiger partial charge in [-0.3, -0.25) is 9.69 Å². The normalized spacial score (nSPS) is 15.0. The number of aromatic nitrogens is 1. The summed E-state index contributed by atoms with van der Waals surface area (Å²) in [5, 5.41) is 4.72. The van der Waals surface area contributed by atoms with E-state index in [0.29, 0.717) is 23.6 Å². The third kappa shape index (κ3) is 7.62. The van der Waals surface area contributed by atoms with Crippen molar-refractivity contribution in [2.75, 3.05) is 57.4 Å². The molecule has 1 saturated heterocycles. The largest absolute Gasteiger partial charge is 0.496 e. The molecule has 0 atom stereocenters. The molecule has 1 fully saturated rings. The van der Waals surface area contributed by atoms with Crippen LogP contribution in [-0.4, -0.2) is 72.8 Å². The van der Waals surface area contributed by atoms with Crippen molar-refractivity contribution >= 4 is 46.1 Å². The van der Waals surface area contributed by atoms with Gasteiger partial charge in [-0.2, -0.15) is 0 Å². The molecule has 42 heavy (non-hydrogen) atoms. The van der Waals surface area contributed by atoms with Gasteiger partial charge in [-0.15, -0.1) is 0 Å². The molecular formula is C33H47ClN4O3S. The highest BCUT2D eigenvalue weighted by molar-refractivity contribution is 7.99. The number of halogens is 1. The summed E-state index contributed by atoms with van der Waals surface area (Å²) >= 11 is 8.12. The Labute approximate surface area is 260 Å². The van der Waals surface area contributed by atoms with Crippen molar-refractivity contribution in [3.05, 3.63) is 45.5 Å². The number of aryl methyl sites for hydroxylation is 1. The Bertz CT molecular complexity index is 1380. The van der Waals surface area contributed by atoms with E-state index in [9.17, 15) is 4.79 Å². The second kappa shape index (κ2) is 14.5. The number of hydrogen-bond acceptors (Lipinski definition) is 7. The van der Waals surface area contributed by atoms with E-state index in [0.717, 1.165) is 94.7 Å². The number of carbonyl (C=O) groups excluding carboxylic acids is 1. The van der Waals surface area contributed by atoms with Crippen LogP contribution in [0.4, 0.5) is 5.69 Å². The van der Waals surface area contributed by atoms with Crippen LogP contribution in [0.5, 0.6) is 5.75 Å². The first-order valence-corrected chi connectivity index (χ1v) is 16.5. The predicted octanol–water partition coefficient (Wildman–Crippen LogP) is 7.91. The number of carbonyl (C=O) groups is 1. The smallest absolute Gasteiger partial charge is 0.256 e. The van der Waals surface area contributed by atoms with E-state index in [2.05, 4.69) is 62.7 Å². The van der Waals surface area contributed by atoms with E-state index in [1.807, 2.05) is 19.1 Å². The standard InChI is InChI=1S/C33H47ClN4O3S/c1-20(2)24-10-11-27(40-8)29(22(5)6)31(24)35-28(39)19-38-15-13-37(14-16-38)12-9-17-42-33-36-30-23(7)26(34)18-25(21(3)4)32(30)41-33/h10-11,18,20-22H,9,12-17,19H2,1-8H3,(H,35,39). The van der Waals surface area contributed by atoms with Crippen LogP contribution in [-0.2, 0) is 4.79 Å². The van der Waals surface area contributed by atoms with Gasteiger partial charge in [-0.05, 0) is 60.9 Å². The first-order valence-electron chi connectivity index (χ1n) is 15.2. The molecule has 230 valence electrons. The van der Waals surface area contributed by atoms with Crippen molar-refractivity contribution in [1.29, 1.82) is 0 Å². The summed E-state index contributed by atoms with van der Waals surface area (Å²) in [6.07, 6.45) is 1.05. The Hall–Kier alpha value is -2.26. The van der Waals surface area contributed by atoms with Gasteiger partial charge in [-0.25, -0.2) is 4.98 Å². The monoisotopic (exact) mass is 614 g/mol. The van der Waals surface area contributed by atoms with Crippen LogP contribution < -0.4 is 10.1 Å². The maximum Gasteiger partial charge on any atom is 0.256 e. The van der Waals surface area contributed by atoms with E-state index >= 15 is 0 Å². The maximum atomic E-state index is 13.2. The quantitative estimate of drug-likeness (QED) is 0.164. The lowest BCUT2D eigenvalue weighted by molar-refractivity contribution is -0.117. The van der Waals surface area contributed by atoms with Crippen LogP contribution >= 0.6 is 23.4 Å². The molecule has 1 N–H and O–H groups in total. The van der Waals surface area contributed by atoms with E-state index in [4.69, 9.17) is 25.7 Å². The van der Waals surface area contributed by atoms with Gasteiger partial charge in [0.1, 0.15) is 11.3 Å². The third-order valence-corrected chi connectivity index (χ3v) is 9.39. The summed E-state index contributed by atoms with van der Waals surface area (Å²) in [6, 6.07) is 6.11. The summed E-state index contributed by atoms with van der Waals surface area (Å²) in [7, 11) is 1.69. The number of nitrogens with zero attached hydrogens (tertiary/aromatic N) is 3. The van der Waals surface area contributed by atoms with Crippen molar-refractivity contribution in [1.82, 2.24) is 14.8 Å². The molecule has 0 bridgehead atoms. The number of benzene rings is 2. The highest BCUT2D eigenvalue weighted by Gasteiger charge is 2.23. The highest BCUT2D eigenvalue weighted by atomic mass is 35.5. The Morgan fingerprint density at radius 1 is 1.05 bits per heavy atom. The topological polar surface area (TPSA) is 70.8 Å². The fourth-order valence-corrected chi connectivity index (χ4v) is 6.61. The first-order chi connectivity index (χ1) is 20.0. The van der Waals surface area contributed by atoms with Crippen molar-refractivity contribution in [3.8, 4) is 5.75 Å². The Morgan fingerprint density at radius 3 is 2.33 bits per heavy atom. The van der Waals surface area contributed by atoms with E-state index < -0.39 is 0 Å². The van der Waals surface area contributed by atoms with Gasteiger partial charge in [-0.1, -0.05) is 71.0 Å². The van der Waals surface area contributed by atoms with Gasteiger partial charge < -0.3 is 19.4 Å². The van der Waals surface area contributed by atoms with Crippen molar-refractivity contribution in [2.45, 2.75) is 77.9 Å². The molecule has 1 amide bonds. The molecular weight excluding hydrogens is 568 g/mol. The minimum Gasteiger partial charge on any atom is -0.496 e. The number of methoxy groups -OCH3 is 1. The molecule has 0 aliphatic carbocycles. The van der Waals surface area contributed by atoms with Gasteiger partial charge in [0.25, 0.3) is 5.22 Å². The zero-order chi connectivity index (χ0) is 30.6. The summed E-state index contributed by atoms with van der Waals surface area (Å²) in [5.74, 6) is 2.65. The van der Waals surface area contributed by atoms with Crippen molar-refractivity contribution in [2.24, 2.45) is 0 Å². The van der Waals surface area contributed by atoms with Crippen molar-refractivity contribution in [3.63, 3.8) is 0 Å². The zero-order valence-electron chi connectivity index (χ0n) is 26.5. The van der Waals surface area contributed by atoms with Crippen LogP contribution in [0.25, 0.3) is 11.1 Å². The number of nitrogens with one attached hydrogen (secondary N) is 1.